The average molecular weight is 438 g/mol. The second kappa shape index (κ2) is 8.47. The Balaban J connectivity index is 1.81. The monoisotopic (exact) mass is 437 g/mol. The van der Waals surface area contributed by atoms with Crippen molar-refractivity contribution < 1.29 is 14.0 Å². The third-order valence-electron chi connectivity index (χ3n) is 5.73. The summed E-state index contributed by atoms with van der Waals surface area (Å²) in [6, 6.07) is 11.2. The molecule has 2 N–H and O–H groups in total. The number of nitrogens with two attached hydrogens (primary N) is 1. The van der Waals surface area contributed by atoms with Gasteiger partial charge in [-0.2, -0.15) is 0 Å². The second-order valence-electron chi connectivity index (χ2n) is 7.65. The molecule has 158 valence electrons. The summed E-state index contributed by atoms with van der Waals surface area (Å²) < 4.78 is 14.5. The number of fused-ring (bicyclic) bond motifs is 1. The van der Waals surface area contributed by atoms with Crippen LogP contribution in [0, 0.1) is 12.7 Å². The normalized spacial score (nSPS) is 14.9. The van der Waals surface area contributed by atoms with Gasteiger partial charge in [0.05, 0.1) is 6.04 Å². The van der Waals surface area contributed by atoms with E-state index in [4.69, 9.17) is 17.3 Å². The fourth-order valence-electron chi connectivity index (χ4n) is 4.22. The number of primary amides is 1. The molecule has 1 atom stereocenters. The summed E-state index contributed by atoms with van der Waals surface area (Å²) in [5.41, 5.74) is 9.04. The number of rotatable bonds is 5. The number of aromatic nitrogens is 1. The molecule has 1 aromatic heterocycles. The lowest BCUT2D eigenvalue weighted by molar-refractivity contribution is 0.0655. The Morgan fingerprint density at radius 2 is 2.00 bits per heavy atom. The molecule has 0 saturated heterocycles. The van der Waals surface area contributed by atoms with Crippen molar-refractivity contribution in [3.8, 4) is 0 Å². The largest absolute Gasteiger partial charge is 0.366 e. The molecule has 1 aliphatic rings. The van der Waals surface area contributed by atoms with Crippen LogP contribution < -0.4 is 5.73 Å². The Morgan fingerprint density at radius 3 is 2.74 bits per heavy atom. The molecule has 4 rings (SSSR count). The molecule has 1 aliphatic carbocycles. The zero-order valence-electron chi connectivity index (χ0n) is 16.9. The topological polar surface area (TPSA) is 76.3 Å². The lowest BCUT2D eigenvalue weighted by atomic mass is 10.0. The number of pyridine rings is 1. The van der Waals surface area contributed by atoms with Gasteiger partial charge >= 0.3 is 0 Å². The van der Waals surface area contributed by atoms with Crippen LogP contribution >= 0.6 is 11.6 Å². The van der Waals surface area contributed by atoms with Crippen LogP contribution in [0.25, 0.3) is 0 Å². The fraction of sp³-hybridized carbons (Fsp3) is 0.208. The molecule has 5 nitrogen and oxygen atoms in total. The number of halogens is 2. The highest BCUT2D eigenvalue weighted by molar-refractivity contribution is 6.30. The number of carbonyl (C=O) groups is 2. The Morgan fingerprint density at radius 1 is 1.23 bits per heavy atom. The van der Waals surface area contributed by atoms with E-state index in [1.165, 1.54) is 6.07 Å². The number of aryl methyl sites for hydroxylation is 1. The van der Waals surface area contributed by atoms with Crippen molar-refractivity contribution in [2.45, 2.75) is 32.4 Å². The van der Waals surface area contributed by atoms with Gasteiger partial charge in [-0.05, 0) is 66.3 Å². The molecule has 0 saturated carbocycles. The maximum atomic E-state index is 14.5. The minimum atomic E-state index is -0.566. The van der Waals surface area contributed by atoms with E-state index >= 15 is 0 Å². The first-order valence-corrected chi connectivity index (χ1v) is 10.3. The number of hydrogen-bond donors (Lipinski definition) is 1. The molecule has 0 fully saturated rings. The van der Waals surface area contributed by atoms with Crippen molar-refractivity contribution in [2.75, 3.05) is 0 Å². The molecule has 0 aliphatic heterocycles. The van der Waals surface area contributed by atoms with E-state index in [0.717, 1.165) is 5.56 Å². The minimum absolute atomic E-state index is 0.151. The standard InChI is InChI=1S/C24H21ClFN3O2/c1-14-12-28-9-8-17(14)24(31)29(13-15-4-2-3-5-18(15)23(27)30)22-7-6-19-20(22)10-16(25)11-21(19)26/h2-5,8-12,22H,6-7,13H2,1H3,(H2,27,30)/t22-/m1/s1. The molecule has 0 radical (unpaired) electrons. The second-order valence-corrected chi connectivity index (χ2v) is 8.09. The summed E-state index contributed by atoms with van der Waals surface area (Å²) in [5.74, 6) is -1.16. The third kappa shape index (κ3) is 4.03. The Labute approximate surface area is 184 Å². The van der Waals surface area contributed by atoms with Gasteiger partial charge in [0.2, 0.25) is 5.91 Å². The molecule has 2 amide bonds. The first-order valence-electron chi connectivity index (χ1n) is 9.94. The molecule has 1 heterocycles. The lowest BCUT2D eigenvalue weighted by Gasteiger charge is -2.31. The van der Waals surface area contributed by atoms with Crippen LogP contribution in [-0.2, 0) is 13.0 Å². The van der Waals surface area contributed by atoms with E-state index in [1.807, 2.05) is 6.92 Å². The highest BCUT2D eigenvalue weighted by Gasteiger charge is 2.34. The summed E-state index contributed by atoms with van der Waals surface area (Å²) in [7, 11) is 0. The SMILES string of the molecule is Cc1cnccc1C(=O)N(Cc1ccccc1C(N)=O)[C@@H]1CCc2c(F)cc(Cl)cc21. The molecular formula is C24H21ClFN3O2. The van der Waals surface area contributed by atoms with Gasteiger partial charge in [0.15, 0.2) is 0 Å². The van der Waals surface area contributed by atoms with Crippen molar-refractivity contribution in [1.29, 1.82) is 0 Å². The number of amides is 2. The number of carbonyl (C=O) groups excluding carboxylic acids is 2. The quantitative estimate of drug-likeness (QED) is 0.633. The Bertz CT molecular complexity index is 1180. The van der Waals surface area contributed by atoms with Gasteiger partial charge < -0.3 is 10.6 Å². The molecular weight excluding hydrogens is 417 g/mol. The van der Waals surface area contributed by atoms with Crippen LogP contribution in [0.2, 0.25) is 5.02 Å². The van der Waals surface area contributed by atoms with Gasteiger partial charge in [0.1, 0.15) is 5.82 Å². The van der Waals surface area contributed by atoms with E-state index in [-0.39, 0.29) is 29.3 Å². The van der Waals surface area contributed by atoms with Crippen molar-refractivity contribution in [2.24, 2.45) is 5.73 Å². The predicted molar refractivity (Wildman–Crippen MR) is 116 cm³/mol. The molecule has 7 heteroatoms. The van der Waals surface area contributed by atoms with Crippen molar-refractivity contribution in [1.82, 2.24) is 9.88 Å². The van der Waals surface area contributed by atoms with Crippen molar-refractivity contribution >= 4 is 23.4 Å². The van der Waals surface area contributed by atoms with Crippen LogP contribution in [0.3, 0.4) is 0 Å². The van der Waals surface area contributed by atoms with Gasteiger partial charge in [-0.3, -0.25) is 14.6 Å². The Kier molecular flexibility index (Phi) is 5.74. The van der Waals surface area contributed by atoms with Crippen LogP contribution in [0.4, 0.5) is 4.39 Å². The maximum Gasteiger partial charge on any atom is 0.255 e. The maximum absolute atomic E-state index is 14.5. The van der Waals surface area contributed by atoms with Crippen LogP contribution in [0.5, 0.6) is 0 Å². The zero-order chi connectivity index (χ0) is 22.1. The smallest absolute Gasteiger partial charge is 0.255 e. The van der Waals surface area contributed by atoms with Gasteiger partial charge in [-0.15, -0.1) is 0 Å². The number of nitrogens with zero attached hydrogens (tertiary/aromatic N) is 2. The first-order chi connectivity index (χ1) is 14.9. The van der Waals surface area contributed by atoms with Gasteiger partial charge in [-0.1, -0.05) is 29.8 Å². The van der Waals surface area contributed by atoms with Crippen molar-refractivity contribution in [3.63, 3.8) is 0 Å². The van der Waals surface area contributed by atoms with Crippen LogP contribution in [0.15, 0.2) is 54.9 Å². The summed E-state index contributed by atoms with van der Waals surface area (Å²) in [6.45, 7) is 1.97. The number of hydrogen-bond acceptors (Lipinski definition) is 3. The van der Waals surface area contributed by atoms with Gasteiger partial charge in [0, 0.05) is 35.1 Å². The molecule has 2 aromatic carbocycles. The molecule has 31 heavy (non-hydrogen) atoms. The summed E-state index contributed by atoms with van der Waals surface area (Å²) in [6.07, 6.45) is 4.25. The van der Waals surface area contributed by atoms with E-state index in [0.29, 0.717) is 40.7 Å². The summed E-state index contributed by atoms with van der Waals surface area (Å²) in [5, 5.41) is 0.285. The van der Waals surface area contributed by atoms with Gasteiger partial charge in [0.25, 0.3) is 5.91 Å². The highest BCUT2D eigenvalue weighted by Crippen LogP contribution is 2.40. The van der Waals surface area contributed by atoms with Crippen LogP contribution in [0.1, 0.15) is 55.4 Å². The fourth-order valence-corrected chi connectivity index (χ4v) is 4.43. The number of benzene rings is 2. The predicted octanol–water partition coefficient (Wildman–Crippen LogP) is 4.61. The highest BCUT2D eigenvalue weighted by atomic mass is 35.5. The van der Waals surface area contributed by atoms with E-state index < -0.39 is 5.91 Å². The first kappa shape index (κ1) is 21.0. The molecule has 0 unspecified atom stereocenters. The van der Waals surface area contributed by atoms with E-state index in [9.17, 15) is 14.0 Å². The van der Waals surface area contributed by atoms with Gasteiger partial charge in [-0.25, -0.2) is 4.39 Å². The zero-order valence-corrected chi connectivity index (χ0v) is 17.7. The molecule has 3 aromatic rings. The van der Waals surface area contributed by atoms with Crippen LogP contribution in [-0.4, -0.2) is 21.7 Å². The summed E-state index contributed by atoms with van der Waals surface area (Å²) in [4.78, 5) is 31.4. The van der Waals surface area contributed by atoms with Crippen molar-refractivity contribution in [3.05, 3.63) is 99.1 Å². The lowest BCUT2D eigenvalue weighted by Crippen LogP contribution is -2.35. The molecule has 0 spiro atoms. The van der Waals surface area contributed by atoms with E-state index in [2.05, 4.69) is 4.98 Å². The Hall–Kier alpha value is -3.25. The minimum Gasteiger partial charge on any atom is -0.366 e. The average Bonchev–Trinajstić information content (AvgIpc) is 3.16. The molecule has 0 bridgehead atoms. The third-order valence-corrected chi connectivity index (χ3v) is 5.95. The van der Waals surface area contributed by atoms with E-state index in [1.54, 1.807) is 53.7 Å². The summed E-state index contributed by atoms with van der Waals surface area (Å²) >= 11 is 6.13.